The van der Waals surface area contributed by atoms with Crippen molar-refractivity contribution in [1.82, 2.24) is 0 Å². The van der Waals surface area contributed by atoms with E-state index in [1.807, 2.05) is 18.2 Å². The fraction of sp³-hybridized carbons (Fsp3) is 0.0833. The lowest BCUT2D eigenvalue weighted by Crippen LogP contribution is -1.89. The van der Waals surface area contributed by atoms with Gasteiger partial charge in [-0.05, 0) is 30.3 Å². The Balaban J connectivity index is 2.51. The molecule has 2 rings (SSSR count). The lowest BCUT2D eigenvalue weighted by atomic mass is 10.1. The molecule has 1 heterocycles. The summed E-state index contributed by atoms with van der Waals surface area (Å²) in [5, 5.41) is 8.90. The van der Waals surface area contributed by atoms with Gasteiger partial charge < -0.3 is 9.84 Å². The molecule has 0 radical (unpaired) electrons. The quantitative estimate of drug-likeness (QED) is 0.935. The third-order valence-electron chi connectivity index (χ3n) is 2.24. The number of hydrogen-bond donors (Lipinski definition) is 1. The summed E-state index contributed by atoms with van der Waals surface area (Å²) in [6.45, 7) is 0. The number of hydrogen-bond acceptors (Lipinski definition) is 3. The number of aromatic carboxylic acids is 1. The maximum Gasteiger partial charge on any atom is 0.345 e. The van der Waals surface area contributed by atoms with Crippen molar-refractivity contribution in [2.75, 3.05) is 7.11 Å². The zero-order valence-corrected chi connectivity index (χ0v) is 11.3. The third-order valence-corrected chi connectivity index (χ3v) is 3.84. The lowest BCUT2D eigenvalue weighted by molar-refractivity contribution is 0.0702. The van der Waals surface area contributed by atoms with Crippen LogP contribution in [0.25, 0.3) is 10.4 Å². The van der Waals surface area contributed by atoms with Crippen LogP contribution < -0.4 is 4.74 Å². The van der Waals surface area contributed by atoms with E-state index in [0.29, 0.717) is 4.88 Å². The average Bonchev–Trinajstić information content (AvgIpc) is 2.78. The van der Waals surface area contributed by atoms with Crippen LogP contribution in [0.15, 0.2) is 34.8 Å². The molecule has 2 aromatic rings. The van der Waals surface area contributed by atoms with Crippen LogP contribution in [0.4, 0.5) is 0 Å². The highest BCUT2D eigenvalue weighted by Crippen LogP contribution is 2.36. The first kappa shape index (κ1) is 12.1. The summed E-state index contributed by atoms with van der Waals surface area (Å²) in [6.07, 6.45) is 0. The summed E-state index contributed by atoms with van der Waals surface area (Å²) in [7, 11) is 1.60. The van der Waals surface area contributed by atoms with E-state index < -0.39 is 5.97 Å². The summed E-state index contributed by atoms with van der Waals surface area (Å²) >= 11 is 4.62. The highest BCUT2D eigenvalue weighted by molar-refractivity contribution is 9.10. The number of halogens is 1. The van der Waals surface area contributed by atoms with E-state index in [9.17, 15) is 4.79 Å². The van der Waals surface area contributed by atoms with Crippen molar-refractivity contribution in [1.29, 1.82) is 0 Å². The van der Waals surface area contributed by atoms with Crippen molar-refractivity contribution in [3.8, 4) is 16.2 Å². The van der Waals surface area contributed by atoms with Gasteiger partial charge in [-0.25, -0.2) is 4.79 Å². The van der Waals surface area contributed by atoms with Crippen molar-refractivity contribution >= 4 is 33.2 Å². The molecule has 1 aromatic heterocycles. The molecule has 0 spiro atoms. The average molecular weight is 313 g/mol. The molecule has 0 atom stereocenters. The molecule has 0 aliphatic rings. The largest absolute Gasteiger partial charge is 0.496 e. The molecule has 0 aliphatic heterocycles. The number of benzene rings is 1. The number of methoxy groups -OCH3 is 1. The second kappa shape index (κ2) is 4.89. The summed E-state index contributed by atoms with van der Waals surface area (Å²) < 4.78 is 6.19. The van der Waals surface area contributed by atoms with Gasteiger partial charge in [0.15, 0.2) is 0 Å². The molecule has 0 fully saturated rings. The SMILES string of the molecule is COc1ccc(Br)cc1-c1ccc(C(=O)O)s1. The van der Waals surface area contributed by atoms with Gasteiger partial charge >= 0.3 is 5.97 Å². The minimum absolute atomic E-state index is 0.321. The number of rotatable bonds is 3. The molecule has 0 bridgehead atoms. The number of carboxylic acids is 1. The smallest absolute Gasteiger partial charge is 0.345 e. The highest BCUT2D eigenvalue weighted by Gasteiger charge is 2.12. The maximum atomic E-state index is 10.8. The monoisotopic (exact) mass is 312 g/mol. The summed E-state index contributed by atoms with van der Waals surface area (Å²) in [5.74, 6) is -0.179. The summed E-state index contributed by atoms with van der Waals surface area (Å²) in [6, 6.07) is 9.03. The van der Waals surface area contributed by atoms with Gasteiger partial charge in [-0.15, -0.1) is 11.3 Å². The Morgan fingerprint density at radius 3 is 2.71 bits per heavy atom. The minimum Gasteiger partial charge on any atom is -0.496 e. The van der Waals surface area contributed by atoms with Crippen LogP contribution in [0.5, 0.6) is 5.75 Å². The number of carbonyl (C=O) groups is 1. The van der Waals surface area contributed by atoms with E-state index >= 15 is 0 Å². The van der Waals surface area contributed by atoms with Crippen LogP contribution in [0.1, 0.15) is 9.67 Å². The molecule has 17 heavy (non-hydrogen) atoms. The molecular weight excluding hydrogens is 304 g/mol. The fourth-order valence-electron chi connectivity index (χ4n) is 1.47. The van der Waals surface area contributed by atoms with Crippen LogP contribution in [0.3, 0.4) is 0 Å². The zero-order chi connectivity index (χ0) is 12.4. The number of carboxylic acid groups (broad SMARTS) is 1. The van der Waals surface area contributed by atoms with E-state index in [4.69, 9.17) is 9.84 Å². The molecule has 0 saturated carbocycles. The van der Waals surface area contributed by atoms with Gasteiger partial charge in [-0.3, -0.25) is 0 Å². The van der Waals surface area contributed by atoms with Crippen molar-refractivity contribution in [3.05, 3.63) is 39.7 Å². The Morgan fingerprint density at radius 2 is 2.12 bits per heavy atom. The van der Waals surface area contributed by atoms with E-state index in [1.165, 1.54) is 11.3 Å². The maximum absolute atomic E-state index is 10.8. The lowest BCUT2D eigenvalue weighted by Gasteiger charge is -2.06. The van der Waals surface area contributed by atoms with Gasteiger partial charge in [0.25, 0.3) is 0 Å². The Labute approximate surface area is 111 Å². The zero-order valence-electron chi connectivity index (χ0n) is 8.94. The molecule has 0 amide bonds. The van der Waals surface area contributed by atoms with Crippen LogP contribution in [-0.4, -0.2) is 18.2 Å². The van der Waals surface area contributed by atoms with E-state index in [-0.39, 0.29) is 0 Å². The topological polar surface area (TPSA) is 46.5 Å². The first-order valence-corrected chi connectivity index (χ1v) is 6.40. The van der Waals surface area contributed by atoms with E-state index in [0.717, 1.165) is 20.7 Å². The third kappa shape index (κ3) is 2.50. The number of ether oxygens (including phenoxy) is 1. The van der Waals surface area contributed by atoms with Gasteiger partial charge in [0.05, 0.1) is 7.11 Å². The van der Waals surface area contributed by atoms with Crippen LogP contribution in [0.2, 0.25) is 0 Å². The molecule has 0 unspecified atom stereocenters. The Kier molecular flexibility index (Phi) is 3.49. The first-order chi connectivity index (χ1) is 8.11. The standard InChI is InChI=1S/C12H9BrO3S/c1-16-9-3-2-7(13)6-8(9)10-4-5-11(17-10)12(14)15/h2-6H,1H3,(H,14,15). The Hall–Kier alpha value is -1.33. The summed E-state index contributed by atoms with van der Waals surface area (Å²) in [4.78, 5) is 12.0. The predicted octanol–water partition coefficient (Wildman–Crippen LogP) is 3.88. The Bertz CT molecular complexity index is 563. The van der Waals surface area contributed by atoms with E-state index in [1.54, 1.807) is 19.2 Å². The normalized spacial score (nSPS) is 10.2. The van der Waals surface area contributed by atoms with Gasteiger partial charge in [-0.2, -0.15) is 0 Å². The molecule has 1 N–H and O–H groups in total. The summed E-state index contributed by atoms with van der Waals surface area (Å²) in [5.41, 5.74) is 0.888. The number of thiophene rings is 1. The molecule has 0 aliphatic carbocycles. The van der Waals surface area contributed by atoms with Crippen LogP contribution >= 0.6 is 27.3 Å². The second-order valence-corrected chi connectivity index (χ2v) is 5.31. The molecule has 88 valence electrons. The molecule has 0 saturated heterocycles. The van der Waals surface area contributed by atoms with Crippen molar-refractivity contribution in [2.45, 2.75) is 0 Å². The predicted molar refractivity (Wildman–Crippen MR) is 71.0 cm³/mol. The first-order valence-electron chi connectivity index (χ1n) is 4.79. The second-order valence-electron chi connectivity index (χ2n) is 3.31. The Morgan fingerprint density at radius 1 is 1.35 bits per heavy atom. The van der Waals surface area contributed by atoms with Crippen molar-refractivity contribution in [2.24, 2.45) is 0 Å². The minimum atomic E-state index is -0.907. The molecule has 5 heteroatoms. The van der Waals surface area contributed by atoms with Crippen LogP contribution in [0, 0.1) is 0 Å². The fourth-order valence-corrected chi connectivity index (χ4v) is 2.70. The molecular formula is C12H9BrO3S. The van der Waals surface area contributed by atoms with E-state index in [2.05, 4.69) is 15.9 Å². The van der Waals surface area contributed by atoms with Gasteiger partial charge in [0.2, 0.25) is 0 Å². The molecule has 1 aromatic carbocycles. The van der Waals surface area contributed by atoms with Gasteiger partial charge in [0, 0.05) is 14.9 Å². The van der Waals surface area contributed by atoms with Gasteiger partial charge in [-0.1, -0.05) is 15.9 Å². The highest BCUT2D eigenvalue weighted by atomic mass is 79.9. The van der Waals surface area contributed by atoms with Crippen molar-refractivity contribution < 1.29 is 14.6 Å². The van der Waals surface area contributed by atoms with Crippen LogP contribution in [-0.2, 0) is 0 Å². The molecule has 3 nitrogen and oxygen atoms in total. The van der Waals surface area contributed by atoms with Crippen molar-refractivity contribution in [3.63, 3.8) is 0 Å². The van der Waals surface area contributed by atoms with Gasteiger partial charge in [0.1, 0.15) is 10.6 Å².